The molecule has 0 bridgehead atoms. The molecule has 0 unspecified atom stereocenters. The van der Waals surface area contributed by atoms with E-state index in [0.29, 0.717) is 23.6 Å². The summed E-state index contributed by atoms with van der Waals surface area (Å²) in [6, 6.07) is 5.63. The second-order valence-corrected chi connectivity index (χ2v) is 5.25. The number of hydrogen-bond acceptors (Lipinski definition) is 4. The number of aromatic amines is 1. The van der Waals surface area contributed by atoms with E-state index in [1.807, 2.05) is 32.0 Å². The number of nitrogens with zero attached hydrogens (tertiary/aromatic N) is 2. The van der Waals surface area contributed by atoms with E-state index in [-0.39, 0.29) is 5.56 Å². The van der Waals surface area contributed by atoms with Gasteiger partial charge in [0.25, 0.3) is 5.56 Å². The molecule has 6 heteroatoms. The van der Waals surface area contributed by atoms with Crippen molar-refractivity contribution in [1.29, 1.82) is 0 Å². The maximum Gasteiger partial charge on any atom is 0.276 e. The molecule has 1 aromatic carbocycles. The topological polar surface area (TPSA) is 68.6 Å². The second-order valence-electron chi connectivity index (χ2n) is 5.25. The summed E-state index contributed by atoms with van der Waals surface area (Å²) in [5.74, 6) is 1.29. The van der Waals surface area contributed by atoms with Crippen LogP contribution in [0.5, 0.6) is 11.5 Å². The first-order chi connectivity index (χ1) is 11.1. The predicted octanol–water partition coefficient (Wildman–Crippen LogP) is 2.58. The van der Waals surface area contributed by atoms with Gasteiger partial charge in [-0.2, -0.15) is 0 Å². The number of aryl methyl sites for hydroxylation is 1. The molecule has 0 aliphatic carbocycles. The number of fused-ring (bicyclic) bond motifs is 1. The fourth-order valence-electron chi connectivity index (χ4n) is 2.78. The molecule has 3 rings (SSSR count). The summed E-state index contributed by atoms with van der Waals surface area (Å²) in [4.78, 5) is 17.1. The molecule has 0 aliphatic heterocycles. The lowest BCUT2D eigenvalue weighted by Crippen LogP contribution is -2.21. The van der Waals surface area contributed by atoms with Gasteiger partial charge in [-0.25, -0.2) is 9.50 Å². The Morgan fingerprint density at radius 2 is 1.96 bits per heavy atom. The predicted molar refractivity (Wildman–Crippen MR) is 88.5 cm³/mol. The Bertz CT molecular complexity index is 925. The van der Waals surface area contributed by atoms with Gasteiger partial charge in [0.15, 0.2) is 17.1 Å². The van der Waals surface area contributed by atoms with Crippen LogP contribution in [0.15, 0.2) is 29.2 Å². The molecule has 0 amide bonds. The van der Waals surface area contributed by atoms with Gasteiger partial charge in [0, 0.05) is 23.0 Å². The lowest BCUT2D eigenvalue weighted by molar-refractivity contribution is 0.355. The Hall–Kier alpha value is -2.76. The molecule has 3 aromatic rings. The summed E-state index contributed by atoms with van der Waals surface area (Å²) in [5.41, 5.74) is 3.78. The van der Waals surface area contributed by atoms with Crippen LogP contribution in [0.4, 0.5) is 0 Å². The first kappa shape index (κ1) is 15.1. The molecule has 0 aliphatic rings. The molecular weight excluding hydrogens is 294 g/mol. The number of methoxy groups -OCH3 is 2. The standard InChI is InChI=1S/C17H19N3O3/c1-5-12-10(2)19-16-13(9-18-20(16)17(12)21)11-6-7-14(22-3)15(8-11)23-4/h6-9,18H,5H2,1-4H3. The Kier molecular flexibility index (Phi) is 3.82. The zero-order chi connectivity index (χ0) is 16.6. The molecule has 0 atom stereocenters. The Balaban J connectivity index is 2.24. The number of nitrogens with one attached hydrogen (secondary N) is 1. The van der Waals surface area contributed by atoms with Crippen LogP contribution in [0.2, 0.25) is 0 Å². The second kappa shape index (κ2) is 5.79. The summed E-state index contributed by atoms with van der Waals surface area (Å²) >= 11 is 0. The van der Waals surface area contributed by atoms with Crippen LogP contribution in [0.25, 0.3) is 16.8 Å². The largest absolute Gasteiger partial charge is 0.493 e. The highest BCUT2D eigenvalue weighted by atomic mass is 16.5. The third kappa shape index (κ3) is 2.36. The number of hydrogen-bond donors (Lipinski definition) is 1. The molecule has 120 valence electrons. The zero-order valence-corrected chi connectivity index (χ0v) is 13.6. The monoisotopic (exact) mass is 313 g/mol. The van der Waals surface area contributed by atoms with Crippen LogP contribution in [-0.4, -0.2) is 28.8 Å². The fourth-order valence-corrected chi connectivity index (χ4v) is 2.78. The van der Waals surface area contributed by atoms with Gasteiger partial charge in [0.2, 0.25) is 0 Å². The third-order valence-electron chi connectivity index (χ3n) is 4.01. The van der Waals surface area contributed by atoms with Crippen molar-refractivity contribution in [2.75, 3.05) is 14.2 Å². The number of H-pyrrole nitrogens is 1. The van der Waals surface area contributed by atoms with E-state index in [2.05, 4.69) is 10.1 Å². The molecule has 2 aromatic heterocycles. The average Bonchev–Trinajstić information content (AvgIpc) is 2.98. The summed E-state index contributed by atoms with van der Waals surface area (Å²) in [6.45, 7) is 3.82. The zero-order valence-electron chi connectivity index (χ0n) is 13.6. The minimum Gasteiger partial charge on any atom is -0.493 e. The third-order valence-corrected chi connectivity index (χ3v) is 4.01. The van der Waals surface area contributed by atoms with E-state index in [9.17, 15) is 4.79 Å². The quantitative estimate of drug-likeness (QED) is 0.804. The normalized spacial score (nSPS) is 11.0. The lowest BCUT2D eigenvalue weighted by atomic mass is 10.1. The summed E-state index contributed by atoms with van der Waals surface area (Å²) in [6.07, 6.45) is 2.44. The summed E-state index contributed by atoms with van der Waals surface area (Å²) in [7, 11) is 3.19. The number of benzene rings is 1. The molecule has 0 spiro atoms. The van der Waals surface area contributed by atoms with Crippen molar-refractivity contribution in [2.45, 2.75) is 20.3 Å². The van der Waals surface area contributed by atoms with Gasteiger partial charge in [-0.3, -0.25) is 9.89 Å². The summed E-state index contributed by atoms with van der Waals surface area (Å²) in [5, 5.41) is 2.99. The minimum atomic E-state index is -0.0540. The van der Waals surface area contributed by atoms with Crippen molar-refractivity contribution in [2.24, 2.45) is 0 Å². The molecular formula is C17H19N3O3. The SMILES string of the molecule is CCc1c(C)nc2c(-c3ccc(OC)c(OC)c3)c[nH]n2c1=O. The van der Waals surface area contributed by atoms with Gasteiger partial charge in [-0.15, -0.1) is 0 Å². The summed E-state index contributed by atoms with van der Waals surface area (Å²) < 4.78 is 12.1. The number of aromatic nitrogens is 3. The van der Waals surface area contributed by atoms with E-state index >= 15 is 0 Å². The maximum atomic E-state index is 12.5. The molecule has 6 nitrogen and oxygen atoms in total. The van der Waals surface area contributed by atoms with Crippen LogP contribution in [-0.2, 0) is 6.42 Å². The van der Waals surface area contributed by atoms with Gasteiger partial charge in [-0.1, -0.05) is 13.0 Å². The number of rotatable bonds is 4. The van der Waals surface area contributed by atoms with Crippen molar-refractivity contribution >= 4 is 5.65 Å². The molecule has 2 heterocycles. The van der Waals surface area contributed by atoms with Crippen molar-refractivity contribution in [3.63, 3.8) is 0 Å². The minimum absolute atomic E-state index is 0.0540. The molecule has 0 saturated carbocycles. The van der Waals surface area contributed by atoms with Crippen molar-refractivity contribution in [3.8, 4) is 22.6 Å². The smallest absolute Gasteiger partial charge is 0.276 e. The number of ether oxygens (including phenoxy) is 2. The van der Waals surface area contributed by atoms with Crippen LogP contribution in [0, 0.1) is 6.92 Å². The lowest BCUT2D eigenvalue weighted by Gasteiger charge is -2.09. The molecule has 1 N–H and O–H groups in total. The van der Waals surface area contributed by atoms with E-state index in [1.54, 1.807) is 20.4 Å². The van der Waals surface area contributed by atoms with Crippen LogP contribution < -0.4 is 15.0 Å². The van der Waals surface area contributed by atoms with E-state index in [0.717, 1.165) is 22.4 Å². The first-order valence-electron chi connectivity index (χ1n) is 7.42. The molecule has 23 heavy (non-hydrogen) atoms. The molecule has 0 fully saturated rings. The van der Waals surface area contributed by atoms with E-state index in [4.69, 9.17) is 9.47 Å². The highest BCUT2D eigenvalue weighted by Crippen LogP contribution is 2.33. The van der Waals surface area contributed by atoms with Crippen molar-refractivity contribution < 1.29 is 9.47 Å². The Morgan fingerprint density at radius 3 is 2.61 bits per heavy atom. The fraction of sp³-hybridized carbons (Fsp3) is 0.294. The van der Waals surface area contributed by atoms with Crippen molar-refractivity contribution in [3.05, 3.63) is 46.0 Å². The van der Waals surface area contributed by atoms with Gasteiger partial charge in [0.05, 0.1) is 14.2 Å². The highest BCUT2D eigenvalue weighted by Gasteiger charge is 2.15. The average molecular weight is 313 g/mol. The van der Waals surface area contributed by atoms with Gasteiger partial charge in [0.1, 0.15) is 0 Å². The van der Waals surface area contributed by atoms with Gasteiger partial charge < -0.3 is 9.47 Å². The highest BCUT2D eigenvalue weighted by molar-refractivity contribution is 5.78. The molecule has 0 saturated heterocycles. The molecule has 0 radical (unpaired) electrons. The Labute approximate surface area is 133 Å². The van der Waals surface area contributed by atoms with Gasteiger partial charge >= 0.3 is 0 Å². The maximum absolute atomic E-state index is 12.5. The van der Waals surface area contributed by atoms with E-state index < -0.39 is 0 Å². The van der Waals surface area contributed by atoms with Gasteiger partial charge in [-0.05, 0) is 31.0 Å². The Morgan fingerprint density at radius 1 is 1.22 bits per heavy atom. The van der Waals surface area contributed by atoms with Crippen LogP contribution in [0.1, 0.15) is 18.2 Å². The van der Waals surface area contributed by atoms with Crippen LogP contribution >= 0.6 is 0 Å². The van der Waals surface area contributed by atoms with Crippen LogP contribution in [0.3, 0.4) is 0 Å². The van der Waals surface area contributed by atoms with E-state index in [1.165, 1.54) is 4.52 Å². The first-order valence-corrected chi connectivity index (χ1v) is 7.42. The van der Waals surface area contributed by atoms with Crippen molar-refractivity contribution in [1.82, 2.24) is 14.6 Å².